The number of nitrogens with one attached hydrogen (secondary N) is 1. The van der Waals surface area contributed by atoms with Crippen LogP contribution < -0.4 is 5.32 Å². The van der Waals surface area contributed by atoms with Crippen LogP contribution in [-0.4, -0.2) is 15.7 Å². The van der Waals surface area contributed by atoms with Gasteiger partial charge in [-0.2, -0.15) is 5.10 Å². The van der Waals surface area contributed by atoms with Crippen molar-refractivity contribution in [1.82, 2.24) is 9.78 Å². The maximum Gasteiger partial charge on any atom is 0.248 e. The second kappa shape index (κ2) is 5.69. The Balaban J connectivity index is 2.20. The Morgan fingerprint density at radius 3 is 2.84 bits per heavy atom. The number of carbonyl (C=O) groups is 1. The SMILES string of the molecule is CCc1cccc(C)c1NC(=O)[C@@H](C)n1cccn1. The molecule has 0 aliphatic carbocycles. The zero-order valence-corrected chi connectivity index (χ0v) is 11.6. The van der Waals surface area contributed by atoms with E-state index in [-0.39, 0.29) is 11.9 Å². The summed E-state index contributed by atoms with van der Waals surface area (Å²) in [6, 6.07) is 7.56. The van der Waals surface area contributed by atoms with Gasteiger partial charge in [-0.25, -0.2) is 0 Å². The number of amides is 1. The Labute approximate surface area is 113 Å². The Morgan fingerprint density at radius 2 is 2.21 bits per heavy atom. The summed E-state index contributed by atoms with van der Waals surface area (Å²) < 4.78 is 1.65. The van der Waals surface area contributed by atoms with Gasteiger partial charge >= 0.3 is 0 Å². The number of nitrogens with zero attached hydrogens (tertiary/aromatic N) is 2. The third kappa shape index (κ3) is 2.84. The van der Waals surface area contributed by atoms with Crippen LogP contribution in [0.2, 0.25) is 0 Å². The van der Waals surface area contributed by atoms with E-state index in [4.69, 9.17) is 0 Å². The quantitative estimate of drug-likeness (QED) is 0.915. The van der Waals surface area contributed by atoms with Crippen LogP contribution in [0.25, 0.3) is 0 Å². The molecule has 1 N–H and O–H groups in total. The summed E-state index contributed by atoms with van der Waals surface area (Å²) >= 11 is 0. The molecular weight excluding hydrogens is 238 g/mol. The highest BCUT2D eigenvalue weighted by atomic mass is 16.2. The van der Waals surface area contributed by atoms with Gasteiger partial charge in [0.15, 0.2) is 0 Å². The summed E-state index contributed by atoms with van der Waals surface area (Å²) in [4.78, 5) is 12.3. The van der Waals surface area contributed by atoms with Gasteiger partial charge in [0.25, 0.3) is 0 Å². The number of aromatic nitrogens is 2. The fraction of sp³-hybridized carbons (Fsp3) is 0.333. The van der Waals surface area contributed by atoms with Crippen molar-refractivity contribution in [3.63, 3.8) is 0 Å². The molecule has 1 aromatic heterocycles. The van der Waals surface area contributed by atoms with Crippen molar-refractivity contribution in [3.05, 3.63) is 47.8 Å². The fourth-order valence-corrected chi connectivity index (χ4v) is 2.06. The van der Waals surface area contributed by atoms with Gasteiger partial charge in [0.05, 0.1) is 0 Å². The molecule has 0 spiro atoms. The van der Waals surface area contributed by atoms with Crippen molar-refractivity contribution in [3.8, 4) is 0 Å². The smallest absolute Gasteiger partial charge is 0.248 e. The lowest BCUT2D eigenvalue weighted by Gasteiger charge is -2.16. The van der Waals surface area contributed by atoms with Crippen LogP contribution in [0, 0.1) is 6.92 Å². The van der Waals surface area contributed by atoms with Crippen molar-refractivity contribution >= 4 is 11.6 Å². The molecule has 0 bridgehead atoms. The first kappa shape index (κ1) is 13.3. The van der Waals surface area contributed by atoms with Crippen molar-refractivity contribution < 1.29 is 4.79 Å². The Kier molecular flexibility index (Phi) is 4.00. The van der Waals surface area contributed by atoms with Crippen molar-refractivity contribution in [2.75, 3.05) is 5.32 Å². The van der Waals surface area contributed by atoms with Crippen LogP contribution in [0.5, 0.6) is 0 Å². The molecule has 4 nitrogen and oxygen atoms in total. The van der Waals surface area contributed by atoms with E-state index < -0.39 is 0 Å². The Morgan fingerprint density at radius 1 is 1.42 bits per heavy atom. The highest BCUT2D eigenvalue weighted by Gasteiger charge is 2.16. The predicted octanol–water partition coefficient (Wildman–Crippen LogP) is 2.95. The molecule has 0 radical (unpaired) electrons. The van der Waals surface area contributed by atoms with E-state index in [2.05, 4.69) is 17.3 Å². The van der Waals surface area contributed by atoms with Gasteiger partial charge in [-0.3, -0.25) is 9.48 Å². The van der Waals surface area contributed by atoms with Gasteiger partial charge in [-0.1, -0.05) is 25.1 Å². The Hall–Kier alpha value is -2.10. The lowest BCUT2D eigenvalue weighted by Crippen LogP contribution is -2.24. The number of hydrogen-bond donors (Lipinski definition) is 1. The molecule has 2 aromatic rings. The van der Waals surface area contributed by atoms with Crippen LogP contribution in [0.15, 0.2) is 36.7 Å². The van der Waals surface area contributed by atoms with E-state index in [1.165, 1.54) is 0 Å². The lowest BCUT2D eigenvalue weighted by atomic mass is 10.1. The molecule has 0 aliphatic rings. The fourth-order valence-electron chi connectivity index (χ4n) is 2.06. The average Bonchev–Trinajstić information content (AvgIpc) is 2.94. The van der Waals surface area contributed by atoms with Gasteiger partial charge in [0.2, 0.25) is 5.91 Å². The standard InChI is InChI=1S/C15H19N3O/c1-4-13-8-5-7-11(2)14(13)17-15(19)12(3)18-10-6-9-16-18/h5-10,12H,4H2,1-3H3,(H,17,19)/t12-/m1/s1. The molecule has 1 aromatic carbocycles. The van der Waals surface area contributed by atoms with E-state index >= 15 is 0 Å². The summed E-state index contributed by atoms with van der Waals surface area (Å²) in [5.41, 5.74) is 3.16. The maximum absolute atomic E-state index is 12.3. The summed E-state index contributed by atoms with van der Waals surface area (Å²) in [6.07, 6.45) is 4.37. The Bertz CT molecular complexity index is 561. The van der Waals surface area contributed by atoms with Gasteiger partial charge in [0.1, 0.15) is 6.04 Å². The zero-order valence-electron chi connectivity index (χ0n) is 11.6. The van der Waals surface area contributed by atoms with Crippen LogP contribution in [0.3, 0.4) is 0 Å². The highest BCUT2D eigenvalue weighted by molar-refractivity contribution is 5.94. The van der Waals surface area contributed by atoms with Gasteiger partial charge in [0, 0.05) is 18.1 Å². The predicted molar refractivity (Wildman–Crippen MR) is 76.1 cm³/mol. The first-order valence-electron chi connectivity index (χ1n) is 6.52. The second-order valence-electron chi connectivity index (χ2n) is 4.61. The maximum atomic E-state index is 12.3. The molecule has 0 saturated heterocycles. The van der Waals surface area contributed by atoms with Crippen molar-refractivity contribution in [2.24, 2.45) is 0 Å². The van der Waals surface area contributed by atoms with E-state index in [9.17, 15) is 4.79 Å². The van der Waals surface area contributed by atoms with Crippen LogP contribution in [0.4, 0.5) is 5.69 Å². The molecule has 0 aliphatic heterocycles. The first-order valence-corrected chi connectivity index (χ1v) is 6.52. The molecule has 1 amide bonds. The van der Waals surface area contributed by atoms with Crippen LogP contribution >= 0.6 is 0 Å². The summed E-state index contributed by atoms with van der Waals surface area (Å²) in [5, 5.41) is 7.12. The normalized spacial score (nSPS) is 12.2. The molecule has 4 heteroatoms. The number of aryl methyl sites for hydroxylation is 2. The summed E-state index contributed by atoms with van der Waals surface area (Å²) in [6.45, 7) is 5.93. The van der Waals surface area contributed by atoms with Gasteiger partial charge in [-0.15, -0.1) is 0 Å². The number of para-hydroxylation sites is 1. The van der Waals surface area contributed by atoms with Crippen LogP contribution in [-0.2, 0) is 11.2 Å². The minimum absolute atomic E-state index is 0.0484. The number of anilines is 1. The number of hydrogen-bond acceptors (Lipinski definition) is 2. The van der Waals surface area contributed by atoms with E-state index in [1.807, 2.05) is 38.1 Å². The third-order valence-corrected chi connectivity index (χ3v) is 3.29. The van der Waals surface area contributed by atoms with Crippen molar-refractivity contribution in [1.29, 1.82) is 0 Å². The zero-order chi connectivity index (χ0) is 13.8. The monoisotopic (exact) mass is 257 g/mol. The summed E-state index contributed by atoms with van der Waals surface area (Å²) in [5.74, 6) is -0.0484. The largest absolute Gasteiger partial charge is 0.324 e. The molecule has 1 heterocycles. The van der Waals surface area contributed by atoms with Gasteiger partial charge < -0.3 is 5.32 Å². The first-order chi connectivity index (χ1) is 9.13. The number of carbonyl (C=O) groups excluding carboxylic acids is 1. The third-order valence-electron chi connectivity index (χ3n) is 3.29. The minimum atomic E-state index is -0.320. The molecule has 1 atom stereocenters. The highest BCUT2D eigenvalue weighted by Crippen LogP contribution is 2.22. The minimum Gasteiger partial charge on any atom is -0.324 e. The van der Waals surface area contributed by atoms with E-state index in [0.29, 0.717) is 0 Å². The lowest BCUT2D eigenvalue weighted by molar-refractivity contribution is -0.119. The molecule has 0 fully saturated rings. The number of benzene rings is 1. The van der Waals surface area contributed by atoms with Crippen molar-refractivity contribution in [2.45, 2.75) is 33.2 Å². The summed E-state index contributed by atoms with van der Waals surface area (Å²) in [7, 11) is 0. The molecule has 100 valence electrons. The second-order valence-corrected chi connectivity index (χ2v) is 4.61. The molecule has 0 unspecified atom stereocenters. The molecule has 19 heavy (non-hydrogen) atoms. The molecular formula is C15H19N3O. The van der Waals surface area contributed by atoms with Gasteiger partial charge in [-0.05, 0) is 37.5 Å². The molecule has 2 rings (SSSR count). The van der Waals surface area contributed by atoms with E-state index in [0.717, 1.165) is 23.2 Å². The van der Waals surface area contributed by atoms with E-state index in [1.54, 1.807) is 17.1 Å². The van der Waals surface area contributed by atoms with Crippen LogP contribution in [0.1, 0.15) is 31.0 Å². The number of rotatable bonds is 4. The topological polar surface area (TPSA) is 46.9 Å². The average molecular weight is 257 g/mol. The molecule has 0 saturated carbocycles.